The summed E-state index contributed by atoms with van der Waals surface area (Å²) < 4.78 is 5.17. The van der Waals surface area contributed by atoms with Gasteiger partial charge in [0.25, 0.3) is 0 Å². The van der Waals surface area contributed by atoms with Crippen molar-refractivity contribution in [2.75, 3.05) is 12.0 Å². The maximum atomic E-state index is 12.9. The molecule has 0 saturated carbocycles. The molecule has 4 nitrogen and oxygen atoms in total. The lowest BCUT2D eigenvalue weighted by Gasteiger charge is -2.23. The summed E-state index contributed by atoms with van der Waals surface area (Å²) in [4.78, 5) is 18.9. The SMILES string of the molecule is COc1ccc(CC(=O)N(Cc2cccnc2)c2ccccc2)cc1. The van der Waals surface area contributed by atoms with Gasteiger partial charge in [0.1, 0.15) is 5.75 Å². The summed E-state index contributed by atoms with van der Waals surface area (Å²) >= 11 is 0. The van der Waals surface area contributed by atoms with E-state index in [0.29, 0.717) is 13.0 Å². The molecule has 0 aliphatic heterocycles. The first kappa shape index (κ1) is 16.7. The van der Waals surface area contributed by atoms with Gasteiger partial charge in [-0.3, -0.25) is 9.78 Å². The molecule has 2 aromatic carbocycles. The summed E-state index contributed by atoms with van der Waals surface area (Å²) in [6.07, 6.45) is 3.85. The number of anilines is 1. The molecule has 0 radical (unpaired) electrons. The standard InChI is InChI=1S/C21H20N2O2/c1-25-20-11-9-17(10-12-20)14-21(24)23(19-7-3-2-4-8-19)16-18-6-5-13-22-15-18/h2-13,15H,14,16H2,1H3. The number of ether oxygens (including phenoxy) is 1. The van der Waals surface area contributed by atoms with Gasteiger partial charge in [0, 0.05) is 18.1 Å². The second kappa shape index (κ2) is 8.11. The number of methoxy groups -OCH3 is 1. The Balaban J connectivity index is 1.81. The Kier molecular flexibility index (Phi) is 5.42. The van der Waals surface area contributed by atoms with Crippen LogP contribution in [0.15, 0.2) is 79.1 Å². The number of benzene rings is 2. The van der Waals surface area contributed by atoms with E-state index in [1.165, 1.54) is 0 Å². The van der Waals surface area contributed by atoms with Crippen molar-refractivity contribution in [1.29, 1.82) is 0 Å². The zero-order chi connectivity index (χ0) is 17.5. The van der Waals surface area contributed by atoms with Gasteiger partial charge in [0.05, 0.1) is 20.1 Å². The van der Waals surface area contributed by atoms with Gasteiger partial charge in [-0.1, -0.05) is 36.4 Å². The molecule has 0 atom stereocenters. The highest BCUT2D eigenvalue weighted by Gasteiger charge is 2.16. The Morgan fingerprint density at radius 1 is 0.960 bits per heavy atom. The number of para-hydroxylation sites is 1. The second-order valence-electron chi connectivity index (χ2n) is 5.70. The van der Waals surface area contributed by atoms with Gasteiger partial charge in [-0.2, -0.15) is 0 Å². The number of carbonyl (C=O) groups excluding carboxylic acids is 1. The van der Waals surface area contributed by atoms with Gasteiger partial charge < -0.3 is 9.64 Å². The Hall–Kier alpha value is -3.14. The number of carbonyl (C=O) groups is 1. The number of amides is 1. The van der Waals surface area contributed by atoms with Crippen molar-refractivity contribution in [2.45, 2.75) is 13.0 Å². The highest BCUT2D eigenvalue weighted by atomic mass is 16.5. The van der Waals surface area contributed by atoms with E-state index in [-0.39, 0.29) is 5.91 Å². The molecule has 1 amide bonds. The molecule has 0 saturated heterocycles. The van der Waals surface area contributed by atoms with Crippen molar-refractivity contribution in [2.24, 2.45) is 0 Å². The smallest absolute Gasteiger partial charge is 0.231 e. The van der Waals surface area contributed by atoms with E-state index < -0.39 is 0 Å². The largest absolute Gasteiger partial charge is 0.497 e. The first-order valence-electron chi connectivity index (χ1n) is 8.13. The molecular weight excluding hydrogens is 312 g/mol. The summed E-state index contributed by atoms with van der Waals surface area (Å²) in [6, 6.07) is 21.2. The van der Waals surface area contributed by atoms with Crippen molar-refractivity contribution in [3.8, 4) is 5.75 Å². The average Bonchev–Trinajstić information content (AvgIpc) is 2.68. The van der Waals surface area contributed by atoms with Crippen LogP contribution in [0.25, 0.3) is 0 Å². The average molecular weight is 332 g/mol. The van der Waals surface area contributed by atoms with Crippen LogP contribution < -0.4 is 9.64 Å². The molecule has 3 aromatic rings. The van der Waals surface area contributed by atoms with Crippen LogP contribution in [0, 0.1) is 0 Å². The number of hydrogen-bond donors (Lipinski definition) is 0. The fourth-order valence-corrected chi connectivity index (χ4v) is 2.62. The van der Waals surface area contributed by atoms with Gasteiger partial charge in [-0.05, 0) is 41.5 Å². The minimum absolute atomic E-state index is 0.0419. The molecular formula is C21H20N2O2. The van der Waals surface area contributed by atoms with E-state index in [1.54, 1.807) is 24.4 Å². The quantitative estimate of drug-likeness (QED) is 0.688. The van der Waals surface area contributed by atoms with Crippen LogP contribution in [-0.2, 0) is 17.8 Å². The van der Waals surface area contributed by atoms with Gasteiger partial charge in [0.15, 0.2) is 0 Å². The lowest BCUT2D eigenvalue weighted by Crippen LogP contribution is -2.31. The molecule has 126 valence electrons. The first-order valence-corrected chi connectivity index (χ1v) is 8.13. The Bertz CT molecular complexity index is 802. The monoisotopic (exact) mass is 332 g/mol. The van der Waals surface area contributed by atoms with E-state index in [2.05, 4.69) is 4.98 Å². The lowest BCUT2D eigenvalue weighted by molar-refractivity contribution is -0.118. The number of nitrogens with zero attached hydrogens (tertiary/aromatic N) is 2. The van der Waals surface area contributed by atoms with Gasteiger partial charge in [-0.15, -0.1) is 0 Å². The Morgan fingerprint density at radius 3 is 2.36 bits per heavy atom. The summed E-state index contributed by atoms with van der Waals surface area (Å²) in [7, 11) is 1.63. The lowest BCUT2D eigenvalue weighted by atomic mass is 10.1. The van der Waals surface area contributed by atoms with Gasteiger partial charge in [0.2, 0.25) is 5.91 Å². The van der Waals surface area contributed by atoms with Crippen molar-refractivity contribution in [1.82, 2.24) is 4.98 Å². The molecule has 3 rings (SSSR count). The Morgan fingerprint density at radius 2 is 1.72 bits per heavy atom. The minimum Gasteiger partial charge on any atom is -0.497 e. The van der Waals surface area contributed by atoms with Gasteiger partial charge >= 0.3 is 0 Å². The summed E-state index contributed by atoms with van der Waals surface area (Å²) in [6.45, 7) is 0.493. The number of rotatable bonds is 6. The molecule has 25 heavy (non-hydrogen) atoms. The van der Waals surface area contributed by atoms with E-state index in [0.717, 1.165) is 22.6 Å². The molecule has 0 spiro atoms. The van der Waals surface area contributed by atoms with Crippen molar-refractivity contribution < 1.29 is 9.53 Å². The molecule has 0 unspecified atom stereocenters. The summed E-state index contributed by atoms with van der Waals surface area (Å²) in [5.74, 6) is 0.826. The highest BCUT2D eigenvalue weighted by molar-refractivity contribution is 5.94. The molecule has 4 heteroatoms. The molecule has 0 aliphatic carbocycles. The van der Waals surface area contributed by atoms with E-state index in [4.69, 9.17) is 4.74 Å². The molecule has 0 bridgehead atoms. The van der Waals surface area contributed by atoms with Crippen LogP contribution in [0.1, 0.15) is 11.1 Å². The predicted molar refractivity (Wildman–Crippen MR) is 98.6 cm³/mol. The van der Waals surface area contributed by atoms with Crippen LogP contribution in [0.3, 0.4) is 0 Å². The number of aromatic nitrogens is 1. The molecule has 1 aromatic heterocycles. The summed E-state index contributed by atoms with van der Waals surface area (Å²) in [5, 5.41) is 0. The zero-order valence-corrected chi connectivity index (χ0v) is 14.1. The molecule has 0 aliphatic rings. The molecule has 0 fully saturated rings. The third-order valence-electron chi connectivity index (χ3n) is 3.95. The molecule has 1 heterocycles. The maximum absolute atomic E-state index is 12.9. The van der Waals surface area contributed by atoms with Crippen LogP contribution in [0.2, 0.25) is 0 Å². The van der Waals surface area contributed by atoms with Crippen molar-refractivity contribution in [3.05, 3.63) is 90.3 Å². The molecule has 0 N–H and O–H groups in total. The Labute approximate surface area is 147 Å². The van der Waals surface area contributed by atoms with E-state index >= 15 is 0 Å². The minimum atomic E-state index is 0.0419. The van der Waals surface area contributed by atoms with E-state index in [9.17, 15) is 4.79 Å². The first-order chi connectivity index (χ1) is 12.3. The normalized spacial score (nSPS) is 10.3. The fraction of sp³-hybridized carbons (Fsp3) is 0.143. The fourth-order valence-electron chi connectivity index (χ4n) is 2.62. The summed E-state index contributed by atoms with van der Waals surface area (Å²) in [5.41, 5.74) is 2.83. The zero-order valence-electron chi connectivity index (χ0n) is 14.1. The number of hydrogen-bond acceptors (Lipinski definition) is 3. The van der Waals surface area contributed by atoms with Crippen LogP contribution in [0.5, 0.6) is 5.75 Å². The van der Waals surface area contributed by atoms with Crippen LogP contribution in [-0.4, -0.2) is 18.0 Å². The van der Waals surface area contributed by atoms with Crippen molar-refractivity contribution >= 4 is 11.6 Å². The highest BCUT2D eigenvalue weighted by Crippen LogP contribution is 2.19. The maximum Gasteiger partial charge on any atom is 0.231 e. The second-order valence-corrected chi connectivity index (χ2v) is 5.70. The van der Waals surface area contributed by atoms with Crippen LogP contribution in [0.4, 0.5) is 5.69 Å². The van der Waals surface area contributed by atoms with Gasteiger partial charge in [-0.25, -0.2) is 0 Å². The third-order valence-corrected chi connectivity index (χ3v) is 3.95. The third kappa shape index (κ3) is 4.44. The van der Waals surface area contributed by atoms with Crippen molar-refractivity contribution in [3.63, 3.8) is 0 Å². The van der Waals surface area contributed by atoms with E-state index in [1.807, 2.05) is 66.7 Å². The topological polar surface area (TPSA) is 42.4 Å². The van der Waals surface area contributed by atoms with Crippen LogP contribution >= 0.6 is 0 Å². The number of pyridine rings is 1. The predicted octanol–water partition coefficient (Wildman–Crippen LogP) is 3.87.